The molecule has 0 amide bonds. The van der Waals surface area contributed by atoms with E-state index in [-0.39, 0.29) is 6.42 Å². The summed E-state index contributed by atoms with van der Waals surface area (Å²) >= 11 is 3.10. The van der Waals surface area contributed by atoms with Gasteiger partial charge in [0.05, 0.1) is 18.6 Å². The minimum atomic E-state index is -1.18. The second-order valence-electron chi connectivity index (χ2n) is 10.0. The molecule has 2 heterocycles. The van der Waals surface area contributed by atoms with Gasteiger partial charge in [-0.25, -0.2) is 0 Å². The van der Waals surface area contributed by atoms with E-state index in [0.29, 0.717) is 29.2 Å². The van der Waals surface area contributed by atoms with Gasteiger partial charge in [-0.3, -0.25) is 19.2 Å². The average molecular weight is 689 g/mol. The Kier molecular flexibility index (Phi) is 18.5. The molecule has 0 spiro atoms. The zero-order chi connectivity index (χ0) is 34.1. The molecule has 246 valence electrons. The molecule has 5 atom stereocenters. The average Bonchev–Trinajstić information content (AvgIpc) is 3.54. The van der Waals surface area contributed by atoms with E-state index in [9.17, 15) is 19.2 Å². The molecule has 3 rings (SSSR count). The largest absolute Gasteiger partial charge is 0.481 e. The first-order chi connectivity index (χ1) is 20.4. The number of hydrogen-bond acceptors (Lipinski definition) is 10. The molecule has 14 N–H and O–H groups in total. The Labute approximate surface area is 262 Å². The number of aliphatic carboxylic acids is 4. The van der Waals surface area contributed by atoms with Gasteiger partial charge in [-0.1, -0.05) is 32.0 Å². The van der Waals surface area contributed by atoms with E-state index in [1.807, 2.05) is 44.3 Å². The first kappa shape index (κ1) is 40.2. The smallest absolute Gasteiger partial charge is 0.323 e. The van der Waals surface area contributed by atoms with Crippen molar-refractivity contribution in [2.24, 2.45) is 28.9 Å². The van der Waals surface area contributed by atoms with Crippen LogP contribution in [0.4, 0.5) is 0 Å². The number of rotatable bonds is 11. The van der Waals surface area contributed by atoms with Crippen LogP contribution in [-0.2, 0) is 25.6 Å². The highest BCUT2D eigenvalue weighted by Gasteiger charge is 2.17. The highest BCUT2D eigenvalue weighted by Crippen LogP contribution is 2.21. The number of aliphatic hydroxyl groups excluding tert-OH is 1. The van der Waals surface area contributed by atoms with Gasteiger partial charge < -0.3 is 57.9 Å². The Morgan fingerprint density at radius 2 is 1.43 bits per heavy atom. The number of benzene rings is 1. The van der Waals surface area contributed by atoms with E-state index in [1.54, 1.807) is 12.1 Å². The van der Waals surface area contributed by atoms with Crippen LogP contribution in [0.1, 0.15) is 51.0 Å². The molecule has 0 bridgehead atoms. The molecule has 0 aliphatic carbocycles. The van der Waals surface area contributed by atoms with Crippen LogP contribution in [-0.4, -0.2) is 78.6 Å². The highest BCUT2D eigenvalue weighted by atomic mass is 79.9. The summed E-state index contributed by atoms with van der Waals surface area (Å²) in [7, 11) is 0. The quantitative estimate of drug-likeness (QED) is 0.138. The minimum absolute atomic E-state index is 0.125. The van der Waals surface area contributed by atoms with E-state index in [0.717, 1.165) is 16.5 Å². The summed E-state index contributed by atoms with van der Waals surface area (Å²) in [5, 5.41) is 43.0. The number of carbonyl (C=O) groups is 4. The van der Waals surface area contributed by atoms with Crippen LogP contribution in [0.15, 0.2) is 51.7 Å². The van der Waals surface area contributed by atoms with Crippen LogP contribution in [0.2, 0.25) is 0 Å². The van der Waals surface area contributed by atoms with E-state index in [1.165, 1.54) is 6.92 Å². The molecule has 0 radical (unpaired) electrons. The topological polar surface area (TPSA) is 302 Å². The number of fused-ring (bicyclic) bond motifs is 1. The fourth-order valence-corrected chi connectivity index (χ4v) is 3.58. The number of halogens is 1. The second-order valence-corrected chi connectivity index (χ2v) is 10.8. The number of nitrogens with two attached hydrogens (primary N) is 4. The number of H-pyrrole nitrogens is 1. The number of para-hydroxylation sites is 1. The molecule has 0 fully saturated rings. The van der Waals surface area contributed by atoms with Gasteiger partial charge in [0.1, 0.15) is 23.9 Å². The van der Waals surface area contributed by atoms with Crippen molar-refractivity contribution in [2.75, 3.05) is 0 Å². The second kappa shape index (κ2) is 20.2. The van der Waals surface area contributed by atoms with Gasteiger partial charge in [-0.05, 0) is 59.0 Å². The van der Waals surface area contributed by atoms with Crippen molar-refractivity contribution >= 4 is 50.7 Å². The van der Waals surface area contributed by atoms with Gasteiger partial charge in [0.2, 0.25) is 0 Å². The zero-order valence-corrected chi connectivity index (χ0v) is 26.2. The van der Waals surface area contributed by atoms with E-state index >= 15 is 0 Å². The molecular weight excluding hydrogens is 646 g/mol. The molecular formula is C28H42BrN5O10. The minimum Gasteiger partial charge on any atom is -0.481 e. The van der Waals surface area contributed by atoms with Crippen molar-refractivity contribution in [1.29, 1.82) is 0 Å². The van der Waals surface area contributed by atoms with E-state index < -0.39 is 54.1 Å². The normalized spacial score (nSPS) is 13.9. The van der Waals surface area contributed by atoms with Gasteiger partial charge in [0, 0.05) is 23.5 Å². The van der Waals surface area contributed by atoms with Crippen molar-refractivity contribution < 1.29 is 49.1 Å². The number of aliphatic hydroxyl groups is 1. The number of aromatic amines is 1. The summed E-state index contributed by atoms with van der Waals surface area (Å²) in [6.45, 7) is 5.23. The number of carboxylic acid groups (broad SMARTS) is 4. The van der Waals surface area contributed by atoms with Gasteiger partial charge >= 0.3 is 23.9 Å². The summed E-state index contributed by atoms with van der Waals surface area (Å²) in [6, 6.07) is 7.82. The Bertz CT molecular complexity index is 1330. The van der Waals surface area contributed by atoms with E-state index in [2.05, 4.69) is 20.9 Å². The van der Waals surface area contributed by atoms with E-state index in [4.69, 9.17) is 52.9 Å². The predicted octanol–water partition coefficient (Wildman–Crippen LogP) is 1.86. The lowest BCUT2D eigenvalue weighted by Crippen LogP contribution is -2.39. The molecule has 5 unspecified atom stereocenters. The van der Waals surface area contributed by atoms with Gasteiger partial charge in [-0.15, -0.1) is 0 Å². The maximum Gasteiger partial charge on any atom is 0.323 e. The molecule has 1 aromatic carbocycles. The van der Waals surface area contributed by atoms with Crippen LogP contribution in [0.3, 0.4) is 0 Å². The molecule has 16 heteroatoms. The highest BCUT2D eigenvalue weighted by molar-refractivity contribution is 9.10. The Balaban J connectivity index is 0.000000580. The fraction of sp³-hybridized carbons (Fsp3) is 0.429. The zero-order valence-electron chi connectivity index (χ0n) is 24.6. The van der Waals surface area contributed by atoms with Crippen molar-refractivity contribution in [1.82, 2.24) is 4.98 Å². The van der Waals surface area contributed by atoms with Gasteiger partial charge in [0.15, 0.2) is 4.67 Å². The third kappa shape index (κ3) is 16.2. The molecule has 0 aliphatic rings. The number of hydrogen-bond donors (Lipinski definition) is 10. The molecule has 15 nitrogen and oxygen atoms in total. The van der Waals surface area contributed by atoms with Crippen molar-refractivity contribution in [3.05, 3.63) is 58.6 Å². The van der Waals surface area contributed by atoms with Crippen LogP contribution in [0.25, 0.3) is 10.9 Å². The number of carboxylic acids is 4. The SMILES string of the molecule is CC(C)CC(N)C(=O)O.CC(O)C(N)C(=O)O.NC(CC(=O)O)c1ccc(Br)o1.NC(Cc1c[nH]c2ccccc12)C(=O)O. The molecule has 44 heavy (non-hydrogen) atoms. The Morgan fingerprint density at radius 3 is 1.82 bits per heavy atom. The maximum atomic E-state index is 10.6. The third-order valence-electron chi connectivity index (χ3n) is 5.63. The Hall–Kier alpha value is -3.80. The van der Waals surface area contributed by atoms with Crippen LogP contribution in [0, 0.1) is 5.92 Å². The first-order valence-electron chi connectivity index (χ1n) is 13.3. The van der Waals surface area contributed by atoms with Crippen molar-refractivity contribution in [2.45, 2.75) is 70.3 Å². The van der Waals surface area contributed by atoms with Gasteiger partial charge in [0.25, 0.3) is 0 Å². The van der Waals surface area contributed by atoms with Crippen molar-refractivity contribution in [3.8, 4) is 0 Å². The maximum absolute atomic E-state index is 10.6. The molecule has 0 saturated carbocycles. The molecule has 2 aromatic heterocycles. The summed E-state index contributed by atoms with van der Waals surface area (Å²) in [6.07, 6.45) is 1.61. The third-order valence-corrected chi connectivity index (χ3v) is 6.06. The number of nitrogens with one attached hydrogen (secondary N) is 1. The van der Waals surface area contributed by atoms with Crippen LogP contribution in [0.5, 0.6) is 0 Å². The number of aromatic nitrogens is 1. The summed E-state index contributed by atoms with van der Waals surface area (Å²) in [4.78, 5) is 43.9. The molecule has 0 saturated heterocycles. The lowest BCUT2D eigenvalue weighted by atomic mass is 10.1. The predicted molar refractivity (Wildman–Crippen MR) is 166 cm³/mol. The lowest BCUT2D eigenvalue weighted by Gasteiger charge is -2.07. The monoisotopic (exact) mass is 687 g/mol. The summed E-state index contributed by atoms with van der Waals surface area (Å²) in [5.41, 5.74) is 23.1. The van der Waals surface area contributed by atoms with Gasteiger partial charge in [-0.2, -0.15) is 0 Å². The summed E-state index contributed by atoms with van der Waals surface area (Å²) in [5.74, 6) is -3.17. The number of furan rings is 1. The lowest BCUT2D eigenvalue weighted by molar-refractivity contribution is -0.141. The van der Waals surface area contributed by atoms with Crippen molar-refractivity contribution in [3.63, 3.8) is 0 Å². The summed E-state index contributed by atoms with van der Waals surface area (Å²) < 4.78 is 5.63. The Morgan fingerprint density at radius 1 is 0.864 bits per heavy atom. The fourth-order valence-electron chi connectivity index (χ4n) is 3.26. The molecule has 3 aromatic rings. The first-order valence-corrected chi connectivity index (χ1v) is 14.1. The molecule has 0 aliphatic heterocycles. The van der Waals surface area contributed by atoms with Crippen LogP contribution < -0.4 is 22.9 Å². The standard InChI is InChI=1S/C11H12N2O2.C7H8BrNO3.C6H13NO2.C4H9NO3/c12-9(11(14)15)5-7-6-13-10-4-2-1-3-8(7)10;8-6-2-1-5(12-6)4(9)3-7(10)11;1-4(2)3-5(7)6(8)9;1-2(6)3(5)4(7)8/h1-4,6,9,13H,5,12H2,(H,14,15);1-2,4H,3,9H2,(H,10,11);4-5H,3,7H2,1-2H3,(H,8,9);2-3,6H,5H2,1H3,(H,7,8). The van der Waals surface area contributed by atoms with Crippen LogP contribution >= 0.6 is 15.9 Å².